The topological polar surface area (TPSA) is 54.0 Å². The molecule has 116 valence electrons. The number of amides is 1. The van der Waals surface area contributed by atoms with Gasteiger partial charge >= 0.3 is 0 Å². The Balaban J connectivity index is 1.93. The molecule has 4 nitrogen and oxygen atoms in total. The molecule has 1 aromatic carbocycles. The lowest BCUT2D eigenvalue weighted by molar-refractivity contribution is 0.0938. The molecule has 5 heteroatoms. The van der Waals surface area contributed by atoms with E-state index in [1.54, 1.807) is 30.5 Å². The maximum atomic E-state index is 13.5. The van der Waals surface area contributed by atoms with Crippen molar-refractivity contribution in [2.45, 2.75) is 26.3 Å². The van der Waals surface area contributed by atoms with Crippen molar-refractivity contribution < 1.29 is 9.18 Å². The zero-order valence-corrected chi connectivity index (χ0v) is 12.8. The monoisotopic (exact) mass is 301 g/mol. The van der Waals surface area contributed by atoms with Crippen LogP contribution in [-0.2, 0) is 6.42 Å². The molecule has 0 fully saturated rings. The molecule has 0 radical (unpaired) electrons. The van der Waals surface area contributed by atoms with Gasteiger partial charge < -0.3 is 10.6 Å². The Morgan fingerprint density at radius 3 is 2.77 bits per heavy atom. The highest BCUT2D eigenvalue weighted by molar-refractivity contribution is 5.93. The number of hydrogen-bond acceptors (Lipinski definition) is 3. The first kappa shape index (κ1) is 15.9. The fraction of sp³-hybridized carbons (Fsp3) is 0.294. The molecule has 0 aliphatic heterocycles. The molecular formula is C17H20FN3O. The molecule has 0 spiro atoms. The summed E-state index contributed by atoms with van der Waals surface area (Å²) in [6, 6.07) is 10.3. The van der Waals surface area contributed by atoms with Gasteiger partial charge in [-0.15, -0.1) is 0 Å². The summed E-state index contributed by atoms with van der Waals surface area (Å²) in [5.74, 6) is -0.399. The number of carbonyl (C=O) groups excluding carboxylic acids is 1. The first-order valence-corrected chi connectivity index (χ1v) is 7.30. The first-order chi connectivity index (χ1) is 10.6. The van der Waals surface area contributed by atoms with Gasteiger partial charge in [0, 0.05) is 24.5 Å². The van der Waals surface area contributed by atoms with Gasteiger partial charge in [-0.3, -0.25) is 9.78 Å². The number of nitrogens with one attached hydrogen (secondary N) is 2. The van der Waals surface area contributed by atoms with Crippen LogP contribution in [-0.4, -0.2) is 23.5 Å². The number of halogens is 1. The van der Waals surface area contributed by atoms with Crippen molar-refractivity contribution in [3.05, 3.63) is 59.7 Å². The van der Waals surface area contributed by atoms with Crippen LogP contribution in [0.15, 0.2) is 42.6 Å². The number of rotatable bonds is 6. The van der Waals surface area contributed by atoms with Crippen molar-refractivity contribution in [1.82, 2.24) is 10.3 Å². The molecule has 2 aromatic rings. The summed E-state index contributed by atoms with van der Waals surface area (Å²) < 4.78 is 13.5. The lowest BCUT2D eigenvalue weighted by Crippen LogP contribution is -2.30. The van der Waals surface area contributed by atoms with E-state index in [4.69, 9.17) is 0 Å². The number of hydrogen-bond donors (Lipinski definition) is 2. The average Bonchev–Trinajstić information content (AvgIpc) is 2.49. The molecule has 0 saturated carbocycles. The SMILES string of the molecule is CC(C)NC(=O)c1cc(NCCc2ccccc2F)ccn1. The van der Waals surface area contributed by atoms with Crippen LogP contribution >= 0.6 is 0 Å². The molecule has 22 heavy (non-hydrogen) atoms. The van der Waals surface area contributed by atoms with Gasteiger partial charge in [0.2, 0.25) is 0 Å². The molecular weight excluding hydrogens is 281 g/mol. The van der Waals surface area contributed by atoms with Crippen molar-refractivity contribution in [2.75, 3.05) is 11.9 Å². The van der Waals surface area contributed by atoms with E-state index in [-0.39, 0.29) is 17.8 Å². The van der Waals surface area contributed by atoms with Gasteiger partial charge in [-0.05, 0) is 44.0 Å². The fourth-order valence-corrected chi connectivity index (χ4v) is 2.04. The largest absolute Gasteiger partial charge is 0.385 e. The van der Waals surface area contributed by atoms with E-state index in [1.807, 2.05) is 19.9 Å². The van der Waals surface area contributed by atoms with Gasteiger partial charge in [0.05, 0.1) is 0 Å². The van der Waals surface area contributed by atoms with Crippen LogP contribution in [0.2, 0.25) is 0 Å². The normalized spacial score (nSPS) is 10.5. The van der Waals surface area contributed by atoms with Crippen LogP contribution in [0.5, 0.6) is 0 Å². The molecule has 0 unspecified atom stereocenters. The van der Waals surface area contributed by atoms with Crippen LogP contribution < -0.4 is 10.6 Å². The lowest BCUT2D eigenvalue weighted by atomic mass is 10.1. The maximum absolute atomic E-state index is 13.5. The van der Waals surface area contributed by atoms with Crippen molar-refractivity contribution in [3.63, 3.8) is 0 Å². The van der Waals surface area contributed by atoms with E-state index in [9.17, 15) is 9.18 Å². The number of anilines is 1. The molecule has 2 N–H and O–H groups in total. The second-order valence-corrected chi connectivity index (χ2v) is 5.33. The van der Waals surface area contributed by atoms with Crippen molar-refractivity contribution >= 4 is 11.6 Å². The highest BCUT2D eigenvalue weighted by Gasteiger charge is 2.09. The predicted octanol–water partition coefficient (Wildman–Crippen LogP) is 3.01. The molecule has 1 aromatic heterocycles. The third kappa shape index (κ3) is 4.55. The van der Waals surface area contributed by atoms with Crippen LogP contribution in [0.4, 0.5) is 10.1 Å². The molecule has 0 saturated heterocycles. The van der Waals surface area contributed by atoms with Crippen LogP contribution in [0, 0.1) is 5.82 Å². The van der Waals surface area contributed by atoms with E-state index in [0.717, 1.165) is 5.69 Å². The molecule has 0 atom stereocenters. The number of pyridine rings is 1. The summed E-state index contributed by atoms with van der Waals surface area (Å²) >= 11 is 0. The zero-order chi connectivity index (χ0) is 15.9. The minimum atomic E-state index is -0.201. The predicted molar refractivity (Wildman–Crippen MR) is 85.4 cm³/mol. The molecule has 1 amide bonds. The summed E-state index contributed by atoms with van der Waals surface area (Å²) in [6.45, 7) is 4.37. The molecule has 0 aliphatic rings. The minimum Gasteiger partial charge on any atom is -0.385 e. The van der Waals surface area contributed by atoms with E-state index >= 15 is 0 Å². The lowest BCUT2D eigenvalue weighted by Gasteiger charge is -2.10. The zero-order valence-electron chi connectivity index (χ0n) is 12.8. The Morgan fingerprint density at radius 2 is 2.05 bits per heavy atom. The Morgan fingerprint density at radius 1 is 1.27 bits per heavy atom. The Kier molecular flexibility index (Phi) is 5.47. The number of carbonyl (C=O) groups is 1. The highest BCUT2D eigenvalue weighted by Crippen LogP contribution is 2.10. The van der Waals surface area contributed by atoms with E-state index < -0.39 is 0 Å². The van der Waals surface area contributed by atoms with Crippen LogP contribution in [0.1, 0.15) is 29.9 Å². The molecule has 2 rings (SSSR count). The molecule has 1 heterocycles. The van der Waals surface area contributed by atoms with Crippen LogP contribution in [0.3, 0.4) is 0 Å². The van der Waals surface area contributed by atoms with Crippen LogP contribution in [0.25, 0.3) is 0 Å². The van der Waals surface area contributed by atoms with E-state index in [1.165, 1.54) is 6.07 Å². The first-order valence-electron chi connectivity index (χ1n) is 7.30. The fourth-order valence-electron chi connectivity index (χ4n) is 2.04. The van der Waals surface area contributed by atoms with E-state index in [0.29, 0.717) is 24.2 Å². The second kappa shape index (κ2) is 7.54. The number of nitrogens with zero attached hydrogens (tertiary/aromatic N) is 1. The molecule has 0 bridgehead atoms. The standard InChI is InChI=1S/C17H20FN3O/c1-12(2)21-17(22)16-11-14(8-10-20-16)19-9-7-13-5-3-4-6-15(13)18/h3-6,8,10-12H,7,9H2,1-2H3,(H,19,20)(H,21,22). The van der Waals surface area contributed by atoms with E-state index in [2.05, 4.69) is 15.6 Å². The quantitative estimate of drug-likeness (QED) is 0.862. The van der Waals surface area contributed by atoms with Gasteiger partial charge in [-0.1, -0.05) is 18.2 Å². The smallest absolute Gasteiger partial charge is 0.270 e. The minimum absolute atomic E-state index is 0.0620. The summed E-state index contributed by atoms with van der Waals surface area (Å²) in [6.07, 6.45) is 2.16. The van der Waals surface area contributed by atoms with Crippen molar-refractivity contribution in [3.8, 4) is 0 Å². The second-order valence-electron chi connectivity index (χ2n) is 5.33. The number of benzene rings is 1. The van der Waals surface area contributed by atoms with Gasteiger partial charge in [0.25, 0.3) is 5.91 Å². The van der Waals surface area contributed by atoms with Gasteiger partial charge in [0.15, 0.2) is 0 Å². The Bertz CT molecular complexity index is 643. The Labute approximate surface area is 129 Å². The van der Waals surface area contributed by atoms with Gasteiger partial charge in [-0.2, -0.15) is 0 Å². The van der Waals surface area contributed by atoms with Gasteiger partial charge in [0.1, 0.15) is 11.5 Å². The summed E-state index contributed by atoms with van der Waals surface area (Å²) in [4.78, 5) is 16.0. The summed E-state index contributed by atoms with van der Waals surface area (Å²) in [7, 11) is 0. The number of aromatic nitrogens is 1. The molecule has 0 aliphatic carbocycles. The average molecular weight is 301 g/mol. The third-order valence-corrected chi connectivity index (χ3v) is 3.09. The van der Waals surface area contributed by atoms with Crippen molar-refractivity contribution in [1.29, 1.82) is 0 Å². The summed E-state index contributed by atoms with van der Waals surface area (Å²) in [5, 5.41) is 5.98. The van der Waals surface area contributed by atoms with Crippen molar-refractivity contribution in [2.24, 2.45) is 0 Å². The third-order valence-electron chi connectivity index (χ3n) is 3.09. The highest BCUT2D eigenvalue weighted by atomic mass is 19.1. The Hall–Kier alpha value is -2.43. The summed E-state index contributed by atoms with van der Waals surface area (Å²) in [5.41, 5.74) is 1.83. The maximum Gasteiger partial charge on any atom is 0.270 e. The van der Waals surface area contributed by atoms with Gasteiger partial charge in [-0.25, -0.2) is 4.39 Å².